The molecule has 0 saturated carbocycles. The Kier molecular flexibility index (Phi) is 5.23. The van der Waals surface area contributed by atoms with E-state index in [0.717, 1.165) is 12.1 Å². The third-order valence-corrected chi connectivity index (χ3v) is 4.12. The number of para-hydroxylation sites is 1. The monoisotopic (exact) mass is 333 g/mol. The number of hydrogen-bond donors (Lipinski definition) is 2. The molecule has 0 fully saturated rings. The fourth-order valence-electron chi connectivity index (χ4n) is 2.66. The molecule has 0 aliphatic heterocycles. The van der Waals surface area contributed by atoms with E-state index in [9.17, 15) is 0 Å². The van der Waals surface area contributed by atoms with Gasteiger partial charge in [0.05, 0.1) is 6.20 Å². The predicted octanol–water partition coefficient (Wildman–Crippen LogP) is 4.41. The lowest BCUT2D eigenvalue weighted by molar-refractivity contribution is 0.948. The third kappa shape index (κ3) is 4.32. The number of aromatic nitrogens is 3. The highest BCUT2D eigenvalue weighted by Crippen LogP contribution is 2.24. The Bertz CT molecular complexity index is 843. The van der Waals surface area contributed by atoms with Crippen LogP contribution in [0.3, 0.4) is 0 Å². The van der Waals surface area contributed by atoms with Gasteiger partial charge in [0.25, 0.3) is 0 Å². The summed E-state index contributed by atoms with van der Waals surface area (Å²) in [6, 6.07) is 14.7. The molecule has 0 bridgehead atoms. The highest BCUT2D eigenvalue weighted by atomic mass is 15.3. The summed E-state index contributed by atoms with van der Waals surface area (Å²) in [5.41, 5.74) is 5.97. The second-order valence-electron chi connectivity index (χ2n) is 6.09. The number of aryl methyl sites for hydroxylation is 3. The standard InChI is InChI=1S/C20H23N5/c1-4-17-7-5-6-15(3)19(17)23-18-13-22-25-20(24-18)21-12-16-10-8-14(2)9-11-16/h5-11,13H,4,12H2,1-3H3,(H2,21,23,24,25). The van der Waals surface area contributed by atoms with Crippen molar-refractivity contribution in [3.8, 4) is 0 Å². The Balaban J connectivity index is 1.72. The fraction of sp³-hybridized carbons (Fsp3) is 0.250. The summed E-state index contributed by atoms with van der Waals surface area (Å²) in [4.78, 5) is 4.52. The second kappa shape index (κ2) is 7.75. The van der Waals surface area contributed by atoms with E-state index in [2.05, 4.69) is 89.1 Å². The normalized spacial score (nSPS) is 10.5. The van der Waals surface area contributed by atoms with E-state index in [1.165, 1.54) is 22.3 Å². The van der Waals surface area contributed by atoms with Crippen LogP contribution < -0.4 is 10.6 Å². The molecule has 0 aliphatic carbocycles. The van der Waals surface area contributed by atoms with Crippen molar-refractivity contribution in [2.45, 2.75) is 33.7 Å². The molecule has 25 heavy (non-hydrogen) atoms. The largest absolute Gasteiger partial charge is 0.349 e. The first-order valence-corrected chi connectivity index (χ1v) is 8.50. The Morgan fingerprint density at radius 3 is 2.56 bits per heavy atom. The van der Waals surface area contributed by atoms with Gasteiger partial charge in [-0.1, -0.05) is 55.0 Å². The molecule has 3 rings (SSSR count). The molecule has 0 unspecified atom stereocenters. The number of hydrogen-bond acceptors (Lipinski definition) is 5. The van der Waals surface area contributed by atoms with E-state index < -0.39 is 0 Å². The number of nitrogens with zero attached hydrogens (tertiary/aromatic N) is 3. The first-order chi connectivity index (χ1) is 12.2. The van der Waals surface area contributed by atoms with E-state index >= 15 is 0 Å². The van der Waals surface area contributed by atoms with Gasteiger partial charge in [-0.25, -0.2) is 0 Å². The molecular weight excluding hydrogens is 310 g/mol. The van der Waals surface area contributed by atoms with Gasteiger partial charge < -0.3 is 10.6 Å². The molecule has 0 saturated heterocycles. The van der Waals surface area contributed by atoms with Gasteiger partial charge in [-0.3, -0.25) is 0 Å². The van der Waals surface area contributed by atoms with E-state index in [4.69, 9.17) is 0 Å². The summed E-state index contributed by atoms with van der Waals surface area (Å²) in [5, 5.41) is 14.7. The lowest BCUT2D eigenvalue weighted by Gasteiger charge is -2.13. The van der Waals surface area contributed by atoms with Crippen molar-refractivity contribution in [2.75, 3.05) is 10.6 Å². The highest BCUT2D eigenvalue weighted by Gasteiger charge is 2.07. The summed E-state index contributed by atoms with van der Waals surface area (Å²) >= 11 is 0. The fourth-order valence-corrected chi connectivity index (χ4v) is 2.66. The molecule has 3 aromatic rings. The van der Waals surface area contributed by atoms with Crippen molar-refractivity contribution in [3.63, 3.8) is 0 Å². The van der Waals surface area contributed by atoms with Crippen molar-refractivity contribution in [1.82, 2.24) is 15.2 Å². The predicted molar refractivity (Wildman–Crippen MR) is 102 cm³/mol. The Hall–Kier alpha value is -2.95. The SMILES string of the molecule is CCc1cccc(C)c1Nc1cnnc(NCc2ccc(C)cc2)n1. The minimum absolute atomic E-state index is 0.511. The van der Waals surface area contributed by atoms with Crippen LogP contribution in [0.15, 0.2) is 48.7 Å². The van der Waals surface area contributed by atoms with Gasteiger partial charge in [-0.2, -0.15) is 10.1 Å². The third-order valence-electron chi connectivity index (χ3n) is 4.12. The molecule has 0 amide bonds. The average Bonchev–Trinajstić information content (AvgIpc) is 2.63. The zero-order chi connectivity index (χ0) is 17.6. The highest BCUT2D eigenvalue weighted by molar-refractivity contribution is 5.64. The van der Waals surface area contributed by atoms with Gasteiger partial charge in [0.1, 0.15) is 0 Å². The first kappa shape index (κ1) is 16.9. The lowest BCUT2D eigenvalue weighted by atomic mass is 10.1. The van der Waals surface area contributed by atoms with Crippen LogP contribution in [-0.2, 0) is 13.0 Å². The van der Waals surface area contributed by atoms with Crippen molar-refractivity contribution in [1.29, 1.82) is 0 Å². The van der Waals surface area contributed by atoms with Crippen LogP contribution in [0.4, 0.5) is 17.5 Å². The zero-order valence-electron chi connectivity index (χ0n) is 14.9. The quantitative estimate of drug-likeness (QED) is 0.700. The summed E-state index contributed by atoms with van der Waals surface area (Å²) in [5.74, 6) is 1.20. The Labute approximate surface area is 148 Å². The topological polar surface area (TPSA) is 62.7 Å². The Morgan fingerprint density at radius 2 is 1.80 bits per heavy atom. The molecule has 0 aliphatic rings. The molecule has 2 N–H and O–H groups in total. The average molecular weight is 333 g/mol. The number of benzene rings is 2. The summed E-state index contributed by atoms with van der Waals surface area (Å²) in [6.45, 7) is 6.98. The summed E-state index contributed by atoms with van der Waals surface area (Å²) in [6.07, 6.45) is 2.60. The molecular formula is C20H23N5. The minimum atomic E-state index is 0.511. The van der Waals surface area contributed by atoms with Crippen LogP contribution in [0.5, 0.6) is 0 Å². The molecule has 5 nitrogen and oxygen atoms in total. The van der Waals surface area contributed by atoms with Crippen LogP contribution in [0.2, 0.25) is 0 Å². The van der Waals surface area contributed by atoms with Gasteiger partial charge in [-0.05, 0) is 37.0 Å². The summed E-state index contributed by atoms with van der Waals surface area (Å²) in [7, 11) is 0. The van der Waals surface area contributed by atoms with Gasteiger partial charge in [0.15, 0.2) is 5.82 Å². The lowest BCUT2D eigenvalue weighted by Crippen LogP contribution is -2.07. The Morgan fingerprint density at radius 1 is 1.00 bits per heavy atom. The van der Waals surface area contributed by atoms with Crippen molar-refractivity contribution in [2.24, 2.45) is 0 Å². The molecule has 0 spiro atoms. The zero-order valence-corrected chi connectivity index (χ0v) is 14.9. The maximum Gasteiger partial charge on any atom is 0.244 e. The smallest absolute Gasteiger partial charge is 0.244 e. The van der Waals surface area contributed by atoms with Crippen LogP contribution in [-0.4, -0.2) is 15.2 Å². The second-order valence-corrected chi connectivity index (χ2v) is 6.09. The van der Waals surface area contributed by atoms with Crippen LogP contribution >= 0.6 is 0 Å². The molecule has 1 aromatic heterocycles. The number of rotatable bonds is 6. The minimum Gasteiger partial charge on any atom is -0.349 e. The van der Waals surface area contributed by atoms with Crippen molar-refractivity contribution >= 4 is 17.5 Å². The molecule has 5 heteroatoms. The van der Waals surface area contributed by atoms with Crippen molar-refractivity contribution < 1.29 is 0 Å². The van der Waals surface area contributed by atoms with Crippen LogP contribution in [0.25, 0.3) is 0 Å². The first-order valence-electron chi connectivity index (χ1n) is 8.50. The van der Waals surface area contributed by atoms with E-state index in [0.29, 0.717) is 18.3 Å². The van der Waals surface area contributed by atoms with Crippen LogP contribution in [0.1, 0.15) is 29.2 Å². The molecule has 0 radical (unpaired) electrons. The molecule has 2 aromatic carbocycles. The van der Waals surface area contributed by atoms with Gasteiger partial charge in [0, 0.05) is 12.2 Å². The summed E-state index contributed by atoms with van der Waals surface area (Å²) < 4.78 is 0. The van der Waals surface area contributed by atoms with E-state index in [1.54, 1.807) is 6.20 Å². The number of anilines is 3. The van der Waals surface area contributed by atoms with Gasteiger partial charge in [-0.15, -0.1) is 5.10 Å². The molecule has 0 atom stereocenters. The van der Waals surface area contributed by atoms with E-state index in [1.807, 2.05) is 0 Å². The van der Waals surface area contributed by atoms with Crippen molar-refractivity contribution in [3.05, 3.63) is 70.9 Å². The molecule has 1 heterocycles. The van der Waals surface area contributed by atoms with Crippen LogP contribution in [0, 0.1) is 13.8 Å². The number of nitrogens with one attached hydrogen (secondary N) is 2. The maximum atomic E-state index is 4.52. The van der Waals surface area contributed by atoms with E-state index in [-0.39, 0.29) is 0 Å². The van der Waals surface area contributed by atoms with Gasteiger partial charge >= 0.3 is 0 Å². The molecule has 128 valence electrons. The van der Waals surface area contributed by atoms with Gasteiger partial charge in [0.2, 0.25) is 5.95 Å². The maximum absolute atomic E-state index is 4.52.